The van der Waals surface area contributed by atoms with E-state index in [2.05, 4.69) is 6.07 Å². The van der Waals surface area contributed by atoms with E-state index in [1.165, 1.54) is 12.0 Å². The average molecular weight is 151 g/mol. The molecule has 0 spiro atoms. The van der Waals surface area contributed by atoms with Crippen molar-refractivity contribution >= 4 is 0 Å². The zero-order valence-corrected chi connectivity index (χ0v) is 6.76. The highest BCUT2D eigenvalue weighted by Gasteiger charge is 2.24. The first-order valence-corrected chi connectivity index (χ1v) is 4.10. The van der Waals surface area contributed by atoms with Gasteiger partial charge in [0.05, 0.1) is 0 Å². The van der Waals surface area contributed by atoms with Crippen molar-refractivity contribution in [2.45, 2.75) is 25.7 Å². The van der Waals surface area contributed by atoms with Crippen LogP contribution in [0.15, 0.2) is 10.5 Å². The third-order valence-electron chi connectivity index (χ3n) is 2.41. The molecule has 0 fully saturated rings. The van der Waals surface area contributed by atoms with Gasteiger partial charge in [-0.1, -0.05) is 0 Å². The Balaban J connectivity index is 2.37. The molecule has 0 saturated heterocycles. The quantitative estimate of drug-likeness (QED) is 0.661. The van der Waals surface area contributed by atoms with E-state index < -0.39 is 0 Å². The van der Waals surface area contributed by atoms with Crippen LogP contribution in [-0.4, -0.2) is 6.54 Å². The van der Waals surface area contributed by atoms with Crippen molar-refractivity contribution in [1.82, 2.24) is 0 Å². The van der Waals surface area contributed by atoms with Crippen LogP contribution in [0.4, 0.5) is 0 Å². The minimum Gasteiger partial charge on any atom is -0.466 e. The van der Waals surface area contributed by atoms with Gasteiger partial charge in [-0.05, 0) is 31.5 Å². The topological polar surface area (TPSA) is 39.2 Å². The third kappa shape index (κ3) is 0.979. The van der Waals surface area contributed by atoms with Gasteiger partial charge in [-0.15, -0.1) is 0 Å². The normalized spacial score (nSPS) is 22.2. The number of nitrogens with two attached hydrogens (primary N) is 1. The van der Waals surface area contributed by atoms with E-state index in [-0.39, 0.29) is 0 Å². The van der Waals surface area contributed by atoms with Crippen LogP contribution >= 0.6 is 0 Å². The van der Waals surface area contributed by atoms with E-state index in [0.717, 1.165) is 24.5 Å². The lowest BCUT2D eigenvalue weighted by molar-refractivity contribution is 0.487. The summed E-state index contributed by atoms with van der Waals surface area (Å²) < 4.78 is 5.50. The van der Waals surface area contributed by atoms with E-state index in [1.54, 1.807) is 0 Å². The van der Waals surface area contributed by atoms with Gasteiger partial charge >= 0.3 is 0 Å². The Kier molecular flexibility index (Phi) is 1.50. The molecule has 0 amide bonds. The highest BCUT2D eigenvalue weighted by atomic mass is 16.3. The molecule has 1 heterocycles. The van der Waals surface area contributed by atoms with Crippen LogP contribution in [0.25, 0.3) is 0 Å². The third-order valence-corrected chi connectivity index (χ3v) is 2.41. The van der Waals surface area contributed by atoms with E-state index >= 15 is 0 Å². The number of furan rings is 1. The van der Waals surface area contributed by atoms with Crippen LogP contribution in [0.5, 0.6) is 0 Å². The minimum atomic E-state index is 0.558. The van der Waals surface area contributed by atoms with Crippen molar-refractivity contribution in [2.75, 3.05) is 6.54 Å². The van der Waals surface area contributed by atoms with Gasteiger partial charge in [0.1, 0.15) is 11.5 Å². The molecule has 1 aliphatic carbocycles. The molecular formula is C9H13NO. The summed E-state index contributed by atoms with van der Waals surface area (Å²) in [6.07, 6.45) is 2.25. The molecule has 11 heavy (non-hydrogen) atoms. The fourth-order valence-corrected chi connectivity index (χ4v) is 1.83. The van der Waals surface area contributed by atoms with Gasteiger partial charge in [-0.3, -0.25) is 0 Å². The second-order valence-corrected chi connectivity index (χ2v) is 3.21. The summed E-state index contributed by atoms with van der Waals surface area (Å²) in [6.45, 7) is 2.75. The molecule has 0 aliphatic heterocycles. The molecule has 2 N–H and O–H groups in total. The van der Waals surface area contributed by atoms with E-state index in [0.29, 0.717) is 5.92 Å². The predicted molar refractivity (Wildman–Crippen MR) is 43.6 cm³/mol. The van der Waals surface area contributed by atoms with E-state index in [1.807, 2.05) is 6.92 Å². The van der Waals surface area contributed by atoms with Crippen molar-refractivity contribution in [3.63, 3.8) is 0 Å². The summed E-state index contributed by atoms with van der Waals surface area (Å²) in [5, 5.41) is 0. The molecule has 0 radical (unpaired) electrons. The van der Waals surface area contributed by atoms with Gasteiger partial charge < -0.3 is 10.2 Å². The molecule has 2 rings (SSSR count). The maximum absolute atomic E-state index is 5.62. The number of hydrogen-bond donors (Lipinski definition) is 1. The average Bonchev–Trinajstić information content (AvgIpc) is 2.45. The van der Waals surface area contributed by atoms with E-state index in [4.69, 9.17) is 10.2 Å². The van der Waals surface area contributed by atoms with Crippen LogP contribution in [0.2, 0.25) is 0 Å². The van der Waals surface area contributed by atoms with Gasteiger partial charge in [0.15, 0.2) is 0 Å². The molecule has 1 unspecified atom stereocenters. The molecule has 0 aromatic carbocycles. The molecule has 60 valence electrons. The lowest BCUT2D eigenvalue weighted by Crippen LogP contribution is -2.08. The molecule has 1 aromatic heterocycles. The Morgan fingerprint density at radius 1 is 1.73 bits per heavy atom. The largest absolute Gasteiger partial charge is 0.466 e. The maximum Gasteiger partial charge on any atom is 0.107 e. The lowest BCUT2D eigenvalue weighted by atomic mass is 10.0. The summed E-state index contributed by atoms with van der Waals surface area (Å²) >= 11 is 0. The Morgan fingerprint density at radius 3 is 3.27 bits per heavy atom. The van der Waals surface area contributed by atoms with Crippen molar-refractivity contribution in [3.8, 4) is 0 Å². The Morgan fingerprint density at radius 2 is 2.55 bits per heavy atom. The number of fused-ring (bicyclic) bond motifs is 1. The van der Waals surface area contributed by atoms with Gasteiger partial charge in [0, 0.05) is 12.3 Å². The van der Waals surface area contributed by atoms with Crippen LogP contribution in [0.3, 0.4) is 0 Å². The fourth-order valence-electron chi connectivity index (χ4n) is 1.83. The summed E-state index contributed by atoms with van der Waals surface area (Å²) in [6, 6.07) is 2.12. The molecule has 1 atom stereocenters. The maximum atomic E-state index is 5.62. The zero-order valence-electron chi connectivity index (χ0n) is 6.76. The lowest BCUT2D eigenvalue weighted by Gasteiger charge is -2.02. The SMILES string of the molecule is Cc1cc2c(o1)CCC2CN. The second-order valence-electron chi connectivity index (χ2n) is 3.21. The minimum absolute atomic E-state index is 0.558. The molecule has 2 heteroatoms. The number of aryl methyl sites for hydroxylation is 2. The first-order chi connectivity index (χ1) is 5.31. The van der Waals surface area contributed by atoms with Gasteiger partial charge in [0.25, 0.3) is 0 Å². The van der Waals surface area contributed by atoms with Crippen molar-refractivity contribution in [3.05, 3.63) is 23.2 Å². The zero-order chi connectivity index (χ0) is 7.84. The van der Waals surface area contributed by atoms with Crippen LogP contribution in [-0.2, 0) is 6.42 Å². The Labute approximate surface area is 66.4 Å². The van der Waals surface area contributed by atoms with Gasteiger partial charge in [0.2, 0.25) is 0 Å². The summed E-state index contributed by atoms with van der Waals surface area (Å²) in [5.41, 5.74) is 6.97. The first-order valence-electron chi connectivity index (χ1n) is 4.10. The number of hydrogen-bond acceptors (Lipinski definition) is 2. The molecule has 1 aromatic rings. The molecule has 0 bridgehead atoms. The van der Waals surface area contributed by atoms with Crippen LogP contribution in [0, 0.1) is 6.92 Å². The summed E-state index contributed by atoms with van der Waals surface area (Å²) in [7, 11) is 0. The summed E-state index contributed by atoms with van der Waals surface area (Å²) in [4.78, 5) is 0. The Hall–Kier alpha value is -0.760. The molecule has 0 saturated carbocycles. The number of rotatable bonds is 1. The molecular weight excluding hydrogens is 138 g/mol. The molecule has 1 aliphatic rings. The fraction of sp³-hybridized carbons (Fsp3) is 0.556. The van der Waals surface area contributed by atoms with Gasteiger partial charge in [-0.25, -0.2) is 0 Å². The van der Waals surface area contributed by atoms with Crippen molar-refractivity contribution in [2.24, 2.45) is 5.73 Å². The first kappa shape index (κ1) is 6.92. The van der Waals surface area contributed by atoms with Crippen molar-refractivity contribution < 1.29 is 4.42 Å². The summed E-state index contributed by atoms with van der Waals surface area (Å²) in [5.74, 6) is 2.74. The van der Waals surface area contributed by atoms with Crippen molar-refractivity contribution in [1.29, 1.82) is 0 Å². The smallest absolute Gasteiger partial charge is 0.107 e. The van der Waals surface area contributed by atoms with E-state index in [9.17, 15) is 0 Å². The monoisotopic (exact) mass is 151 g/mol. The van der Waals surface area contributed by atoms with Crippen LogP contribution < -0.4 is 5.73 Å². The van der Waals surface area contributed by atoms with Gasteiger partial charge in [-0.2, -0.15) is 0 Å². The second kappa shape index (κ2) is 2.38. The Bertz CT molecular complexity index is 265. The molecule has 2 nitrogen and oxygen atoms in total. The predicted octanol–water partition coefficient (Wildman–Crippen LogP) is 1.58. The standard InChI is InChI=1S/C9H13NO/c1-6-4-8-7(5-10)2-3-9(8)11-6/h4,7H,2-3,5,10H2,1H3. The highest BCUT2D eigenvalue weighted by molar-refractivity contribution is 5.30. The highest BCUT2D eigenvalue weighted by Crippen LogP contribution is 2.34. The van der Waals surface area contributed by atoms with Crippen LogP contribution in [0.1, 0.15) is 29.4 Å².